The van der Waals surface area contributed by atoms with Gasteiger partial charge in [0, 0.05) is 19.2 Å². The highest BCUT2D eigenvalue weighted by molar-refractivity contribution is 7.80. The van der Waals surface area contributed by atoms with Crippen molar-refractivity contribution < 1.29 is 19.1 Å². The number of rotatable bonds is 10. The summed E-state index contributed by atoms with van der Waals surface area (Å²) in [5.74, 6) is 0.805. The van der Waals surface area contributed by atoms with Crippen molar-refractivity contribution in [3.63, 3.8) is 0 Å². The third-order valence-electron chi connectivity index (χ3n) is 5.81. The molecule has 0 saturated carbocycles. The number of carbonyl (C=O) groups is 2. The van der Waals surface area contributed by atoms with E-state index in [1.54, 1.807) is 54.4 Å². The summed E-state index contributed by atoms with van der Waals surface area (Å²) in [7, 11) is 1.71. The Balaban J connectivity index is 1.29. The summed E-state index contributed by atoms with van der Waals surface area (Å²) in [6.45, 7) is 1.17. The van der Waals surface area contributed by atoms with E-state index in [1.165, 1.54) is 0 Å². The molecule has 0 fully saturated rings. The predicted molar refractivity (Wildman–Crippen MR) is 156 cm³/mol. The predicted octanol–water partition coefficient (Wildman–Crippen LogP) is 5.23. The van der Waals surface area contributed by atoms with Gasteiger partial charge in [0.15, 0.2) is 5.11 Å². The van der Waals surface area contributed by atoms with Gasteiger partial charge in [-0.15, -0.1) is 0 Å². The molecule has 0 radical (unpaired) electrons. The maximum Gasteiger partial charge on any atom is 0.257 e. The van der Waals surface area contributed by atoms with Crippen LogP contribution < -0.4 is 25.0 Å². The fourth-order valence-corrected chi connectivity index (χ4v) is 3.92. The molecular weight excluding hydrogens is 510 g/mol. The molecule has 4 aromatic carbocycles. The fourth-order valence-electron chi connectivity index (χ4n) is 3.73. The van der Waals surface area contributed by atoms with Crippen molar-refractivity contribution in [3.8, 4) is 11.5 Å². The average molecular weight is 540 g/mol. The first-order valence-corrected chi connectivity index (χ1v) is 12.8. The van der Waals surface area contributed by atoms with Crippen LogP contribution in [0.15, 0.2) is 109 Å². The van der Waals surface area contributed by atoms with Crippen molar-refractivity contribution in [3.05, 3.63) is 126 Å². The second-order valence-electron chi connectivity index (χ2n) is 8.54. The van der Waals surface area contributed by atoms with Gasteiger partial charge >= 0.3 is 0 Å². The van der Waals surface area contributed by atoms with Gasteiger partial charge in [-0.05, 0) is 66.3 Å². The van der Waals surface area contributed by atoms with Crippen LogP contribution in [0.25, 0.3) is 0 Å². The monoisotopic (exact) mass is 539 g/mol. The maximum absolute atomic E-state index is 12.9. The number of benzene rings is 4. The Bertz CT molecular complexity index is 1400. The topological polar surface area (TPSA) is 79.9 Å². The summed E-state index contributed by atoms with van der Waals surface area (Å²) in [4.78, 5) is 27.4. The number of thiocarbonyl (C=S) groups is 1. The van der Waals surface area contributed by atoms with Crippen molar-refractivity contribution in [2.24, 2.45) is 0 Å². The molecule has 0 bridgehead atoms. The van der Waals surface area contributed by atoms with E-state index >= 15 is 0 Å². The maximum atomic E-state index is 12.9. The van der Waals surface area contributed by atoms with Crippen LogP contribution in [0.5, 0.6) is 11.5 Å². The minimum Gasteiger partial charge on any atom is -0.490 e. The van der Waals surface area contributed by atoms with Crippen molar-refractivity contribution in [1.29, 1.82) is 0 Å². The van der Waals surface area contributed by atoms with E-state index in [-0.39, 0.29) is 16.9 Å². The van der Waals surface area contributed by atoms with Crippen LogP contribution in [0, 0.1) is 0 Å². The molecule has 39 heavy (non-hydrogen) atoms. The summed E-state index contributed by atoms with van der Waals surface area (Å²) in [6, 6.07) is 33.0. The Hall–Kier alpha value is -4.69. The molecule has 0 unspecified atom stereocenters. The van der Waals surface area contributed by atoms with E-state index < -0.39 is 0 Å². The van der Waals surface area contributed by atoms with Crippen LogP contribution in [-0.2, 0) is 6.54 Å². The Labute approximate surface area is 233 Å². The van der Waals surface area contributed by atoms with Gasteiger partial charge < -0.3 is 19.7 Å². The Morgan fingerprint density at radius 3 is 1.95 bits per heavy atom. The largest absolute Gasteiger partial charge is 0.490 e. The molecule has 7 nitrogen and oxygen atoms in total. The van der Waals surface area contributed by atoms with E-state index in [1.807, 2.05) is 66.7 Å². The van der Waals surface area contributed by atoms with E-state index in [0.29, 0.717) is 42.3 Å². The molecule has 0 aliphatic carbocycles. The van der Waals surface area contributed by atoms with Crippen LogP contribution >= 0.6 is 12.2 Å². The normalized spacial score (nSPS) is 10.3. The molecule has 0 atom stereocenters. The lowest BCUT2D eigenvalue weighted by Crippen LogP contribution is -2.41. The van der Waals surface area contributed by atoms with E-state index in [2.05, 4.69) is 10.6 Å². The molecule has 4 rings (SSSR count). The number of carbonyl (C=O) groups excluding carboxylic acids is 2. The number of nitrogens with zero attached hydrogens (tertiary/aromatic N) is 1. The van der Waals surface area contributed by atoms with Crippen molar-refractivity contribution >= 4 is 34.8 Å². The molecule has 2 N–H and O–H groups in total. The number of anilines is 1. The minimum absolute atomic E-state index is 0.168. The first kappa shape index (κ1) is 27.3. The first-order chi connectivity index (χ1) is 19.0. The Morgan fingerprint density at radius 2 is 1.28 bits per heavy atom. The van der Waals surface area contributed by atoms with Gasteiger partial charge in [0.05, 0.1) is 11.3 Å². The molecular formula is C31H29N3O4S. The quantitative estimate of drug-likeness (QED) is 0.212. The summed E-state index contributed by atoms with van der Waals surface area (Å²) < 4.78 is 11.3. The molecule has 0 aliphatic heterocycles. The van der Waals surface area contributed by atoms with Gasteiger partial charge in [0.2, 0.25) is 0 Å². The highest BCUT2D eigenvalue weighted by Gasteiger charge is 2.18. The second kappa shape index (κ2) is 13.7. The molecule has 198 valence electrons. The third-order valence-corrected chi connectivity index (χ3v) is 6.19. The summed E-state index contributed by atoms with van der Waals surface area (Å²) in [5.41, 5.74) is 2.45. The molecule has 0 aliphatic rings. The molecule has 4 aromatic rings. The first-order valence-electron chi connectivity index (χ1n) is 12.4. The second-order valence-corrected chi connectivity index (χ2v) is 8.92. The van der Waals surface area contributed by atoms with E-state index in [9.17, 15) is 9.59 Å². The van der Waals surface area contributed by atoms with Crippen LogP contribution in [0.2, 0.25) is 0 Å². The van der Waals surface area contributed by atoms with Gasteiger partial charge in [0.25, 0.3) is 11.8 Å². The van der Waals surface area contributed by atoms with Crippen molar-refractivity contribution in [2.75, 3.05) is 25.2 Å². The fraction of sp³-hybridized carbons (Fsp3) is 0.129. The van der Waals surface area contributed by atoms with Crippen LogP contribution in [0.4, 0.5) is 5.69 Å². The zero-order chi connectivity index (χ0) is 27.5. The molecule has 0 spiro atoms. The van der Waals surface area contributed by atoms with Gasteiger partial charge in [-0.25, -0.2) is 0 Å². The number of ether oxygens (including phenoxy) is 2. The van der Waals surface area contributed by atoms with Crippen molar-refractivity contribution in [1.82, 2.24) is 10.6 Å². The molecule has 0 aromatic heterocycles. The van der Waals surface area contributed by atoms with Gasteiger partial charge in [-0.1, -0.05) is 60.7 Å². The highest BCUT2D eigenvalue weighted by atomic mass is 32.1. The lowest BCUT2D eigenvalue weighted by Gasteiger charge is -2.23. The SMILES string of the molecule is CN(C(=S)NC(=O)c1ccc(OCCOc2ccccc2)cc1)c1ccccc1C(=O)NCc1ccccc1. The average Bonchev–Trinajstić information content (AvgIpc) is 2.99. The zero-order valence-electron chi connectivity index (χ0n) is 21.5. The van der Waals surface area contributed by atoms with E-state index in [4.69, 9.17) is 21.7 Å². The Morgan fingerprint density at radius 1 is 0.718 bits per heavy atom. The lowest BCUT2D eigenvalue weighted by molar-refractivity contribution is 0.0949. The summed E-state index contributed by atoms with van der Waals surface area (Å²) >= 11 is 5.48. The van der Waals surface area contributed by atoms with Crippen molar-refractivity contribution in [2.45, 2.75) is 6.54 Å². The number of nitrogens with one attached hydrogen (secondary N) is 2. The number of para-hydroxylation sites is 2. The van der Waals surface area contributed by atoms with Crippen LogP contribution in [0.1, 0.15) is 26.3 Å². The zero-order valence-corrected chi connectivity index (χ0v) is 22.3. The van der Waals surface area contributed by atoms with Gasteiger partial charge in [-0.2, -0.15) is 0 Å². The lowest BCUT2D eigenvalue weighted by atomic mass is 10.1. The Kier molecular flexibility index (Phi) is 9.63. The number of hydrogen-bond acceptors (Lipinski definition) is 5. The van der Waals surface area contributed by atoms with Crippen LogP contribution in [-0.4, -0.2) is 37.2 Å². The molecule has 2 amide bonds. The third kappa shape index (κ3) is 7.90. The molecule has 0 saturated heterocycles. The molecule has 8 heteroatoms. The number of amides is 2. The van der Waals surface area contributed by atoms with Crippen LogP contribution in [0.3, 0.4) is 0 Å². The minimum atomic E-state index is -0.364. The smallest absolute Gasteiger partial charge is 0.257 e. The van der Waals surface area contributed by atoms with Gasteiger partial charge in [-0.3, -0.25) is 14.9 Å². The molecule has 0 heterocycles. The standard InChI is InChI=1S/C31H29N3O4S/c1-34(28-15-9-8-14-27(28)30(36)32-22-23-10-4-2-5-11-23)31(39)33-29(35)24-16-18-26(19-17-24)38-21-20-37-25-12-6-3-7-13-25/h2-19H,20-22H2,1H3,(H,32,36)(H,33,35,39). The summed E-state index contributed by atoms with van der Waals surface area (Å²) in [5, 5.41) is 5.83. The number of hydrogen-bond donors (Lipinski definition) is 2. The summed E-state index contributed by atoms with van der Waals surface area (Å²) in [6.07, 6.45) is 0. The van der Waals surface area contributed by atoms with E-state index in [0.717, 1.165) is 11.3 Å². The highest BCUT2D eigenvalue weighted by Crippen LogP contribution is 2.20. The van der Waals surface area contributed by atoms with Gasteiger partial charge in [0.1, 0.15) is 24.7 Å².